The van der Waals surface area contributed by atoms with Crippen LogP contribution < -0.4 is 16.0 Å². The number of aryl methyl sites for hydroxylation is 1. The maximum Gasteiger partial charge on any atom is 0.278 e. The van der Waals surface area contributed by atoms with Gasteiger partial charge in [0.05, 0.1) is 47.5 Å². The molecule has 0 aromatic carbocycles. The van der Waals surface area contributed by atoms with E-state index in [9.17, 15) is 14.7 Å². The lowest BCUT2D eigenvalue weighted by molar-refractivity contribution is 0.0689. The SMILES string of the molecule is CCn1ncc(NC(=O)c2nc(C3CC3)cnc2Nc2cncnc2)c1C(=O)NCC(C)(C)O. The Balaban J connectivity index is 1.61. The average Bonchev–Trinajstić information content (AvgIpc) is 3.58. The lowest BCUT2D eigenvalue weighted by atomic mass is 10.1. The van der Waals surface area contributed by atoms with E-state index in [2.05, 4.69) is 41.0 Å². The predicted octanol–water partition coefficient (Wildman–Crippen LogP) is 1.86. The Kier molecular flexibility index (Phi) is 6.50. The molecule has 12 heteroatoms. The van der Waals surface area contributed by atoms with E-state index in [1.807, 2.05) is 6.92 Å². The molecule has 178 valence electrons. The van der Waals surface area contributed by atoms with E-state index in [0.29, 0.717) is 18.2 Å². The van der Waals surface area contributed by atoms with Gasteiger partial charge in [0.15, 0.2) is 11.5 Å². The molecule has 3 heterocycles. The number of anilines is 3. The lowest BCUT2D eigenvalue weighted by Gasteiger charge is -2.18. The standard InChI is InChI=1S/C22H27N9O3/c1-4-31-18(21(33)26-11-22(2,3)34)16(10-27-31)30-20(32)17-19(28-14-7-23-12-24-8-14)25-9-15(29-17)13-5-6-13/h7-10,12-13,34H,4-6,11H2,1-3H3,(H,25,28)(H,26,33)(H,30,32). The van der Waals surface area contributed by atoms with Gasteiger partial charge in [-0.05, 0) is 33.6 Å². The van der Waals surface area contributed by atoms with Gasteiger partial charge >= 0.3 is 0 Å². The van der Waals surface area contributed by atoms with Crippen LogP contribution in [0.3, 0.4) is 0 Å². The zero-order valence-corrected chi connectivity index (χ0v) is 19.2. The minimum atomic E-state index is -1.09. The van der Waals surface area contributed by atoms with Crippen molar-refractivity contribution in [3.8, 4) is 0 Å². The van der Waals surface area contributed by atoms with Crippen LogP contribution in [0.4, 0.5) is 17.2 Å². The third-order valence-corrected chi connectivity index (χ3v) is 5.11. The average molecular weight is 466 g/mol. The Labute approximate surface area is 196 Å². The quantitative estimate of drug-likeness (QED) is 0.370. The molecule has 0 saturated heterocycles. The summed E-state index contributed by atoms with van der Waals surface area (Å²) < 4.78 is 1.47. The number of rotatable bonds is 9. The summed E-state index contributed by atoms with van der Waals surface area (Å²) in [5.74, 6) is -0.470. The van der Waals surface area contributed by atoms with E-state index >= 15 is 0 Å². The highest BCUT2D eigenvalue weighted by atomic mass is 16.3. The first-order valence-electron chi connectivity index (χ1n) is 11.0. The first-order valence-corrected chi connectivity index (χ1v) is 11.0. The van der Waals surface area contributed by atoms with E-state index in [1.165, 1.54) is 17.2 Å². The fraction of sp³-hybridized carbons (Fsp3) is 0.409. The van der Waals surface area contributed by atoms with Crippen LogP contribution in [0.2, 0.25) is 0 Å². The largest absolute Gasteiger partial charge is 0.389 e. The normalized spacial score (nSPS) is 13.4. The molecule has 1 aliphatic rings. The Morgan fingerprint density at radius 1 is 1.15 bits per heavy atom. The maximum atomic E-state index is 13.3. The van der Waals surface area contributed by atoms with Gasteiger partial charge in [-0.15, -0.1) is 0 Å². The van der Waals surface area contributed by atoms with Gasteiger partial charge in [0.1, 0.15) is 12.0 Å². The zero-order valence-electron chi connectivity index (χ0n) is 19.2. The predicted molar refractivity (Wildman–Crippen MR) is 124 cm³/mol. The second-order valence-electron chi connectivity index (χ2n) is 8.69. The van der Waals surface area contributed by atoms with E-state index in [-0.39, 0.29) is 29.4 Å². The van der Waals surface area contributed by atoms with Crippen LogP contribution in [-0.4, -0.2) is 58.8 Å². The molecule has 0 atom stereocenters. The molecule has 1 fully saturated rings. The van der Waals surface area contributed by atoms with Gasteiger partial charge in [0.2, 0.25) is 0 Å². The third-order valence-electron chi connectivity index (χ3n) is 5.11. The molecule has 0 bridgehead atoms. The fourth-order valence-corrected chi connectivity index (χ4v) is 3.25. The van der Waals surface area contributed by atoms with Crippen LogP contribution >= 0.6 is 0 Å². The zero-order chi connectivity index (χ0) is 24.3. The minimum absolute atomic E-state index is 0.0379. The van der Waals surface area contributed by atoms with Crippen molar-refractivity contribution in [3.63, 3.8) is 0 Å². The van der Waals surface area contributed by atoms with Crippen LogP contribution in [0.25, 0.3) is 0 Å². The van der Waals surface area contributed by atoms with Crippen LogP contribution in [0.15, 0.2) is 31.1 Å². The number of nitrogens with one attached hydrogen (secondary N) is 3. The molecule has 3 aromatic rings. The van der Waals surface area contributed by atoms with E-state index in [0.717, 1.165) is 18.5 Å². The monoisotopic (exact) mass is 465 g/mol. The van der Waals surface area contributed by atoms with E-state index in [1.54, 1.807) is 32.4 Å². The van der Waals surface area contributed by atoms with Crippen molar-refractivity contribution < 1.29 is 14.7 Å². The van der Waals surface area contributed by atoms with Gasteiger partial charge in [-0.3, -0.25) is 14.3 Å². The van der Waals surface area contributed by atoms with Gasteiger partial charge in [-0.1, -0.05) is 0 Å². The molecule has 34 heavy (non-hydrogen) atoms. The molecular formula is C22H27N9O3. The van der Waals surface area contributed by atoms with E-state index in [4.69, 9.17) is 0 Å². The first kappa shape index (κ1) is 23.2. The summed E-state index contributed by atoms with van der Waals surface area (Å²) in [7, 11) is 0. The van der Waals surface area contributed by atoms with Gasteiger partial charge in [0, 0.05) is 19.0 Å². The van der Waals surface area contributed by atoms with Crippen molar-refractivity contribution in [2.75, 3.05) is 17.2 Å². The topological polar surface area (TPSA) is 160 Å². The molecule has 0 spiro atoms. The second-order valence-corrected chi connectivity index (χ2v) is 8.69. The molecule has 0 aliphatic heterocycles. The smallest absolute Gasteiger partial charge is 0.278 e. The molecule has 3 aromatic heterocycles. The van der Waals surface area contributed by atoms with Crippen LogP contribution in [0.5, 0.6) is 0 Å². The molecule has 0 radical (unpaired) electrons. The van der Waals surface area contributed by atoms with Gasteiger partial charge < -0.3 is 21.1 Å². The van der Waals surface area contributed by atoms with Gasteiger partial charge in [0.25, 0.3) is 11.8 Å². The third kappa shape index (κ3) is 5.52. The summed E-state index contributed by atoms with van der Waals surface area (Å²) in [6.07, 6.45) is 9.59. The molecule has 1 aliphatic carbocycles. The molecule has 0 unspecified atom stereocenters. The number of carbonyl (C=O) groups is 2. The highest BCUT2D eigenvalue weighted by Crippen LogP contribution is 2.39. The number of hydrogen-bond acceptors (Lipinski definition) is 9. The Hall–Kier alpha value is -3.93. The summed E-state index contributed by atoms with van der Waals surface area (Å²) in [6, 6.07) is 0. The number of aliphatic hydroxyl groups is 1. The molecule has 1 saturated carbocycles. The van der Waals surface area contributed by atoms with Crippen molar-refractivity contribution in [3.05, 3.63) is 48.2 Å². The summed E-state index contributed by atoms with van der Waals surface area (Å²) in [5.41, 5.74) is 0.699. The Morgan fingerprint density at radius 2 is 1.88 bits per heavy atom. The maximum absolute atomic E-state index is 13.3. The Bertz CT molecular complexity index is 1180. The van der Waals surface area contributed by atoms with Crippen LogP contribution in [0, 0.1) is 0 Å². The number of hydrogen-bond donors (Lipinski definition) is 4. The van der Waals surface area contributed by atoms with Crippen molar-refractivity contribution in [2.45, 2.75) is 51.7 Å². The van der Waals surface area contributed by atoms with E-state index < -0.39 is 17.4 Å². The van der Waals surface area contributed by atoms with Crippen molar-refractivity contribution in [2.24, 2.45) is 0 Å². The second kappa shape index (κ2) is 9.51. The van der Waals surface area contributed by atoms with Crippen molar-refractivity contribution in [1.82, 2.24) is 35.0 Å². The molecule has 12 nitrogen and oxygen atoms in total. The van der Waals surface area contributed by atoms with Crippen molar-refractivity contribution in [1.29, 1.82) is 0 Å². The summed E-state index contributed by atoms with van der Waals surface area (Å²) in [6.45, 7) is 5.46. The molecule has 4 N–H and O–H groups in total. The van der Waals surface area contributed by atoms with Gasteiger partial charge in [-0.25, -0.2) is 19.9 Å². The molecular weight excluding hydrogens is 438 g/mol. The number of aromatic nitrogens is 6. The lowest BCUT2D eigenvalue weighted by Crippen LogP contribution is -2.39. The Morgan fingerprint density at radius 3 is 2.53 bits per heavy atom. The number of carbonyl (C=O) groups excluding carboxylic acids is 2. The van der Waals surface area contributed by atoms with Crippen LogP contribution in [-0.2, 0) is 6.54 Å². The highest BCUT2D eigenvalue weighted by molar-refractivity contribution is 6.09. The summed E-state index contributed by atoms with van der Waals surface area (Å²) in [4.78, 5) is 43.1. The summed E-state index contributed by atoms with van der Waals surface area (Å²) in [5, 5.41) is 22.6. The first-order chi connectivity index (χ1) is 16.2. The molecule has 4 rings (SSSR count). The van der Waals surface area contributed by atoms with Gasteiger partial charge in [-0.2, -0.15) is 5.10 Å². The minimum Gasteiger partial charge on any atom is -0.389 e. The number of nitrogens with zero attached hydrogens (tertiary/aromatic N) is 6. The van der Waals surface area contributed by atoms with Crippen molar-refractivity contribution >= 4 is 29.0 Å². The molecule has 2 amide bonds. The van der Waals surface area contributed by atoms with Crippen LogP contribution in [0.1, 0.15) is 66.2 Å². The number of amides is 2. The highest BCUT2D eigenvalue weighted by Gasteiger charge is 2.29. The fourth-order valence-electron chi connectivity index (χ4n) is 3.25. The summed E-state index contributed by atoms with van der Waals surface area (Å²) >= 11 is 0.